The monoisotopic (exact) mass is 237 g/mol. The fraction of sp³-hybridized carbons (Fsp3) is 0.556. The molecule has 0 spiro atoms. The smallest absolute Gasteiger partial charge is 0.248 e. The first kappa shape index (κ1) is 10.3. The van der Waals surface area contributed by atoms with E-state index >= 15 is 0 Å². The third-order valence-electron chi connectivity index (χ3n) is 2.63. The SMILES string of the molecule is NC(c1ccsc1Cl)C1CC(F)(F)C1. The van der Waals surface area contributed by atoms with Crippen LogP contribution in [0.1, 0.15) is 24.4 Å². The molecule has 1 aliphatic carbocycles. The molecule has 0 aliphatic heterocycles. The van der Waals surface area contributed by atoms with Crippen molar-refractivity contribution in [1.29, 1.82) is 0 Å². The number of rotatable bonds is 2. The van der Waals surface area contributed by atoms with Crippen LogP contribution < -0.4 is 5.73 Å². The Bertz CT molecular complexity index is 331. The van der Waals surface area contributed by atoms with Crippen molar-refractivity contribution in [3.63, 3.8) is 0 Å². The normalized spacial score (nSPS) is 23.1. The Kier molecular flexibility index (Phi) is 2.53. The summed E-state index contributed by atoms with van der Waals surface area (Å²) in [6.45, 7) is 0. The highest BCUT2D eigenvalue weighted by Crippen LogP contribution is 2.48. The number of alkyl halides is 2. The summed E-state index contributed by atoms with van der Waals surface area (Å²) >= 11 is 7.26. The zero-order valence-corrected chi connectivity index (χ0v) is 8.92. The molecule has 14 heavy (non-hydrogen) atoms. The fourth-order valence-corrected chi connectivity index (χ4v) is 2.78. The Balaban J connectivity index is 2.04. The van der Waals surface area contributed by atoms with Crippen LogP contribution in [0.25, 0.3) is 0 Å². The molecule has 0 bridgehead atoms. The molecule has 2 N–H and O–H groups in total. The van der Waals surface area contributed by atoms with Gasteiger partial charge in [0.1, 0.15) is 0 Å². The Morgan fingerprint density at radius 1 is 1.57 bits per heavy atom. The first-order chi connectivity index (χ1) is 6.49. The largest absolute Gasteiger partial charge is 0.324 e. The van der Waals surface area contributed by atoms with E-state index in [1.54, 1.807) is 0 Å². The first-order valence-corrected chi connectivity index (χ1v) is 5.62. The van der Waals surface area contributed by atoms with Crippen LogP contribution in [0, 0.1) is 5.92 Å². The standard InChI is InChI=1S/C9H10ClF2NS/c10-8-6(1-2-14-8)7(13)5-3-9(11,12)4-5/h1-2,5,7H,3-4,13H2. The van der Waals surface area contributed by atoms with Crippen molar-refractivity contribution in [2.75, 3.05) is 0 Å². The van der Waals surface area contributed by atoms with Gasteiger partial charge in [-0.3, -0.25) is 0 Å². The molecule has 1 saturated carbocycles. The number of hydrogen-bond acceptors (Lipinski definition) is 2. The van der Waals surface area contributed by atoms with Gasteiger partial charge in [0, 0.05) is 18.9 Å². The highest BCUT2D eigenvalue weighted by atomic mass is 35.5. The van der Waals surface area contributed by atoms with Gasteiger partial charge in [-0.25, -0.2) is 8.78 Å². The second-order valence-corrected chi connectivity index (χ2v) is 5.22. The minimum atomic E-state index is -2.51. The summed E-state index contributed by atoms with van der Waals surface area (Å²) in [5.41, 5.74) is 6.66. The van der Waals surface area contributed by atoms with Gasteiger partial charge >= 0.3 is 0 Å². The average molecular weight is 238 g/mol. The molecule has 5 heteroatoms. The van der Waals surface area contributed by atoms with Gasteiger partial charge in [0.05, 0.1) is 4.34 Å². The zero-order chi connectivity index (χ0) is 10.3. The fourth-order valence-electron chi connectivity index (χ4n) is 1.76. The molecule has 78 valence electrons. The Morgan fingerprint density at radius 2 is 2.21 bits per heavy atom. The molecule has 1 unspecified atom stereocenters. The Morgan fingerprint density at radius 3 is 2.64 bits per heavy atom. The van der Waals surface area contributed by atoms with E-state index in [0.717, 1.165) is 5.56 Å². The van der Waals surface area contributed by atoms with Crippen LogP contribution in [0.15, 0.2) is 11.4 Å². The summed E-state index contributed by atoms with van der Waals surface area (Å²) < 4.78 is 25.8. The maximum atomic E-state index is 12.6. The van der Waals surface area contributed by atoms with E-state index in [4.69, 9.17) is 17.3 Å². The molecule has 1 atom stereocenters. The molecule has 1 heterocycles. The quantitative estimate of drug-likeness (QED) is 0.838. The van der Waals surface area contributed by atoms with Gasteiger partial charge in [0.25, 0.3) is 0 Å². The van der Waals surface area contributed by atoms with Gasteiger partial charge in [0.2, 0.25) is 5.92 Å². The van der Waals surface area contributed by atoms with Gasteiger partial charge in [0.15, 0.2) is 0 Å². The van der Waals surface area contributed by atoms with E-state index in [2.05, 4.69) is 0 Å². The molecule has 1 fully saturated rings. The van der Waals surface area contributed by atoms with E-state index in [-0.39, 0.29) is 24.8 Å². The van der Waals surface area contributed by atoms with Crippen LogP contribution in [0.4, 0.5) is 8.78 Å². The third-order valence-corrected chi connectivity index (χ3v) is 3.83. The topological polar surface area (TPSA) is 26.0 Å². The number of hydrogen-bond donors (Lipinski definition) is 1. The minimum Gasteiger partial charge on any atom is -0.324 e. The summed E-state index contributed by atoms with van der Waals surface area (Å²) in [4.78, 5) is 0. The molecule has 1 aromatic rings. The van der Waals surface area contributed by atoms with Crippen LogP contribution in [0.2, 0.25) is 4.34 Å². The highest BCUT2D eigenvalue weighted by molar-refractivity contribution is 7.14. The van der Waals surface area contributed by atoms with Crippen molar-refractivity contribution in [2.24, 2.45) is 11.7 Å². The lowest BCUT2D eigenvalue weighted by atomic mass is 9.75. The van der Waals surface area contributed by atoms with Gasteiger partial charge in [-0.15, -0.1) is 11.3 Å². The van der Waals surface area contributed by atoms with Crippen molar-refractivity contribution < 1.29 is 8.78 Å². The van der Waals surface area contributed by atoms with E-state index in [0.29, 0.717) is 4.34 Å². The third kappa shape index (κ3) is 1.78. The summed E-state index contributed by atoms with van der Waals surface area (Å²) in [7, 11) is 0. The molecule has 0 amide bonds. The lowest BCUT2D eigenvalue weighted by Gasteiger charge is -2.38. The second-order valence-electron chi connectivity index (χ2n) is 3.70. The lowest BCUT2D eigenvalue weighted by Crippen LogP contribution is -2.41. The van der Waals surface area contributed by atoms with Crippen LogP contribution in [0.3, 0.4) is 0 Å². The molecule has 1 nitrogen and oxygen atoms in total. The summed E-state index contributed by atoms with van der Waals surface area (Å²) in [5, 5.41) is 1.83. The number of halogens is 3. The number of nitrogens with two attached hydrogens (primary N) is 1. The maximum Gasteiger partial charge on any atom is 0.248 e. The molecular formula is C9H10ClF2NS. The Hall–Kier alpha value is -0.190. The molecule has 2 rings (SSSR count). The van der Waals surface area contributed by atoms with Gasteiger partial charge < -0.3 is 5.73 Å². The van der Waals surface area contributed by atoms with E-state index in [1.165, 1.54) is 11.3 Å². The van der Waals surface area contributed by atoms with E-state index in [9.17, 15) is 8.78 Å². The molecule has 1 aliphatic rings. The lowest BCUT2D eigenvalue weighted by molar-refractivity contribution is -0.116. The van der Waals surface area contributed by atoms with Gasteiger partial charge in [-0.05, 0) is 22.9 Å². The highest BCUT2D eigenvalue weighted by Gasteiger charge is 2.48. The molecule has 0 radical (unpaired) electrons. The second kappa shape index (κ2) is 3.43. The predicted molar refractivity (Wildman–Crippen MR) is 53.9 cm³/mol. The number of thiophene rings is 1. The van der Waals surface area contributed by atoms with Crippen molar-refractivity contribution in [2.45, 2.75) is 24.8 Å². The van der Waals surface area contributed by atoms with Crippen LogP contribution in [-0.4, -0.2) is 5.92 Å². The molecule has 0 saturated heterocycles. The average Bonchev–Trinajstić information content (AvgIpc) is 2.45. The van der Waals surface area contributed by atoms with Crippen molar-refractivity contribution in [3.8, 4) is 0 Å². The van der Waals surface area contributed by atoms with Crippen molar-refractivity contribution >= 4 is 22.9 Å². The van der Waals surface area contributed by atoms with Crippen LogP contribution in [-0.2, 0) is 0 Å². The van der Waals surface area contributed by atoms with E-state index in [1.807, 2.05) is 11.4 Å². The maximum absolute atomic E-state index is 12.6. The Labute approximate surface area is 89.9 Å². The van der Waals surface area contributed by atoms with Gasteiger partial charge in [-0.2, -0.15) is 0 Å². The van der Waals surface area contributed by atoms with Crippen LogP contribution in [0.5, 0.6) is 0 Å². The zero-order valence-electron chi connectivity index (χ0n) is 7.34. The first-order valence-electron chi connectivity index (χ1n) is 4.36. The predicted octanol–water partition coefficient (Wildman–Crippen LogP) is 3.45. The summed E-state index contributed by atoms with van der Waals surface area (Å²) in [6, 6.07) is 1.47. The van der Waals surface area contributed by atoms with Crippen molar-refractivity contribution in [1.82, 2.24) is 0 Å². The van der Waals surface area contributed by atoms with Gasteiger partial charge in [-0.1, -0.05) is 11.6 Å². The van der Waals surface area contributed by atoms with Crippen LogP contribution >= 0.6 is 22.9 Å². The minimum absolute atomic E-state index is 0.111. The molecule has 1 aromatic heterocycles. The summed E-state index contributed by atoms with van der Waals surface area (Å²) in [5.74, 6) is -2.64. The van der Waals surface area contributed by atoms with E-state index < -0.39 is 5.92 Å². The van der Waals surface area contributed by atoms with Crippen molar-refractivity contribution in [3.05, 3.63) is 21.3 Å². The molecular weight excluding hydrogens is 228 g/mol. The summed E-state index contributed by atoms with van der Waals surface area (Å²) in [6.07, 6.45) is -0.222. The molecule has 0 aromatic carbocycles.